The number of carbonyl (C=O) groups is 2. The van der Waals surface area contributed by atoms with E-state index in [4.69, 9.17) is 24.5 Å². The van der Waals surface area contributed by atoms with Gasteiger partial charge < -0.3 is 50.3 Å². The van der Waals surface area contributed by atoms with Gasteiger partial charge in [0.25, 0.3) is 22.2 Å². The second-order valence-electron chi connectivity index (χ2n) is 38.2. The Morgan fingerprint density at radius 2 is 0.836 bits per heavy atom. The van der Waals surface area contributed by atoms with Crippen molar-refractivity contribution in [1.29, 1.82) is 0 Å². The van der Waals surface area contributed by atoms with Crippen LogP contribution < -0.4 is 49.4 Å². The zero-order valence-electron chi connectivity index (χ0n) is 82.1. The number of thioether (sulfide) groups is 2. The number of hydrogen-bond donors (Lipinski definition) is 5. The van der Waals surface area contributed by atoms with Crippen molar-refractivity contribution in [2.45, 2.75) is 220 Å². The van der Waals surface area contributed by atoms with Crippen molar-refractivity contribution >= 4 is 121 Å². The highest BCUT2D eigenvalue weighted by Crippen LogP contribution is 2.38. The second kappa shape index (κ2) is 42.5. The van der Waals surface area contributed by atoms with Crippen LogP contribution in [0.5, 0.6) is 0 Å². The molecule has 12 heterocycles. The van der Waals surface area contributed by atoms with Gasteiger partial charge in [-0.25, -0.2) is 89.8 Å². The van der Waals surface area contributed by atoms with Gasteiger partial charge in [0.15, 0.2) is 32.9 Å². The lowest BCUT2D eigenvalue weighted by Gasteiger charge is -2.32. The molecule has 0 bridgehead atoms. The monoisotopic (exact) mass is 1950 g/mol. The molecule has 32 nitrogen and oxygen atoms in total. The highest BCUT2D eigenvalue weighted by atomic mass is 32.2. The molecule has 0 unspecified atom stereocenters. The molecule has 19 rings (SSSR count). The van der Waals surface area contributed by atoms with Crippen LogP contribution in [-0.2, 0) is 57.7 Å². The van der Waals surface area contributed by atoms with E-state index in [0.717, 1.165) is 66.0 Å². The van der Waals surface area contributed by atoms with E-state index in [1.807, 2.05) is 180 Å². The molecule has 7 aromatic carbocycles. The third-order valence-electron chi connectivity index (χ3n) is 23.6. The quantitative estimate of drug-likeness (QED) is 0.0222. The van der Waals surface area contributed by atoms with Gasteiger partial charge in [-0.15, -0.1) is 0 Å². The fraction of sp³-hybridized carbons (Fsp3) is 0.366. The van der Waals surface area contributed by atoms with Gasteiger partial charge >= 0.3 is 19.3 Å². The highest BCUT2D eigenvalue weighted by Gasteiger charge is 2.52. The number of H-pyrrole nitrogens is 1. The normalized spacial score (nSPS) is 14.2. The van der Waals surface area contributed by atoms with Crippen molar-refractivity contribution in [3.05, 3.63) is 275 Å². The van der Waals surface area contributed by atoms with E-state index in [2.05, 4.69) is 73.1 Å². The van der Waals surface area contributed by atoms with Crippen LogP contribution in [0, 0.1) is 23.3 Å². The van der Waals surface area contributed by atoms with Crippen LogP contribution >= 0.6 is 23.5 Å². The fourth-order valence-corrected chi connectivity index (χ4v) is 16.7. The number of benzene rings is 7. The van der Waals surface area contributed by atoms with E-state index in [-0.39, 0.29) is 93.1 Å². The Hall–Kier alpha value is -13.8. The van der Waals surface area contributed by atoms with Gasteiger partial charge in [0.05, 0.1) is 28.3 Å². The van der Waals surface area contributed by atoms with Crippen molar-refractivity contribution < 1.29 is 45.9 Å². The van der Waals surface area contributed by atoms with Gasteiger partial charge in [0, 0.05) is 98.7 Å². The molecule has 15 aromatic rings. The Bertz CT molecular complexity index is 7270. The number of ether oxygens (including phenoxy) is 2. The van der Waals surface area contributed by atoms with E-state index in [0.29, 0.717) is 110 Å². The summed E-state index contributed by atoms with van der Waals surface area (Å²) in [4.78, 5) is 114. The molecule has 140 heavy (non-hydrogen) atoms. The van der Waals surface area contributed by atoms with E-state index in [1.54, 1.807) is 110 Å². The molecule has 2 amide bonds. The maximum Gasteiger partial charge on any atom is 0.494 e. The van der Waals surface area contributed by atoms with Crippen molar-refractivity contribution in [2.75, 3.05) is 48.5 Å². The van der Waals surface area contributed by atoms with Crippen molar-refractivity contribution in [3.8, 4) is 17.1 Å². The van der Waals surface area contributed by atoms with E-state index < -0.39 is 18.3 Å². The highest BCUT2D eigenvalue weighted by molar-refractivity contribution is 7.98. The number of anilines is 5. The maximum absolute atomic E-state index is 13.6. The van der Waals surface area contributed by atoms with Crippen LogP contribution in [-0.4, -0.2) is 161 Å². The Morgan fingerprint density at radius 1 is 0.457 bits per heavy atom. The molecule has 1 fully saturated rings. The molecule has 4 aliphatic heterocycles. The number of fused-ring (bicyclic) bond motifs is 7. The molecule has 8 aromatic heterocycles. The summed E-state index contributed by atoms with van der Waals surface area (Å²) in [6, 6.07) is 42.0. The number of carbonyl (C=O) groups excluding carboxylic acids is 2. The van der Waals surface area contributed by atoms with E-state index in [9.17, 15) is 46.3 Å². The summed E-state index contributed by atoms with van der Waals surface area (Å²) in [7, 11) is -0.411. The van der Waals surface area contributed by atoms with Crippen molar-refractivity contribution in [2.24, 2.45) is 0 Å². The van der Waals surface area contributed by atoms with Crippen molar-refractivity contribution in [3.63, 3.8) is 0 Å². The Kier molecular flexibility index (Phi) is 31.0. The van der Waals surface area contributed by atoms with Crippen molar-refractivity contribution in [1.82, 2.24) is 92.9 Å². The minimum absolute atomic E-state index is 0.0624. The van der Waals surface area contributed by atoms with Gasteiger partial charge in [-0.05, 0) is 323 Å². The lowest BCUT2D eigenvalue weighted by molar-refractivity contribution is 0.00578. The molecular formula is C101H117BF4N22O10S2. The molecular weight excluding hydrogens is 1830 g/mol. The Labute approximate surface area is 816 Å². The first-order chi connectivity index (χ1) is 66.3. The summed E-state index contributed by atoms with van der Waals surface area (Å²) < 4.78 is 87.2. The number of nitrogen functional groups attached to an aromatic ring is 1. The predicted octanol–water partition coefficient (Wildman–Crippen LogP) is 18.2. The minimum atomic E-state index is -0.556. The third-order valence-corrected chi connectivity index (χ3v) is 24.7. The summed E-state index contributed by atoms with van der Waals surface area (Å²) >= 11 is 2.86. The van der Waals surface area contributed by atoms with Crippen LogP contribution in [0.25, 0.3) is 61.2 Å². The summed E-state index contributed by atoms with van der Waals surface area (Å²) in [5, 5.41) is 15.9. The average molecular weight is 1950 g/mol. The lowest BCUT2D eigenvalue weighted by Crippen LogP contribution is -2.41. The third kappa shape index (κ3) is 23.5. The zero-order chi connectivity index (χ0) is 101. The SMILES string of the molecule is CC(C)(C)OC(=O)N1CCc2ccc(N)cc2C1.CC(C)n1c(=O)c2cnc(Nc3ccc4c(c3)CCNC4)nc2n1-c1ccc(F)cc1.CC(C)n1c(=O)c2cnc(Nc3ccc4c(c3)CN(C(=O)OC(C)(C)C)CC4)nc2n1-c1ccc(F)cc1.CC1(C)OB(c2ccc(F)cc2)OC1(C)C.CSc1ncc2c(=O)n(C(C)C)[nH]c2n1.CSc1ncc2c(=O)n(C(C)C)n(-c3ccc(F)cc3)c2n1. The number of nitrogens with two attached hydrogens (primary N) is 1. The molecule has 0 saturated carbocycles. The number of halogens is 4. The van der Waals surface area contributed by atoms with Crippen LogP contribution in [0.15, 0.2) is 206 Å². The first-order valence-electron chi connectivity index (χ1n) is 46.1. The standard InChI is InChI=1S/C28H31FN6O3.C23H23FN6O.C15H15FN4OS.C14H20N2O2.C12H16BFO2.C9H12N4OS/c1-17(2)34-25(36)23-15-30-26(32-24(23)35(34)22-10-7-20(29)8-11-22)31-21-9-6-18-12-13-33(16-19(18)14-21)27(37)38-28(3,4)5;1-14(2)29-22(31)20-13-26-23(27-18-6-3-16-12-25-10-9-15(16)11-18)28-21(20)30(29)19-7-4-17(24)5-8-19;1-9(2)19-14(21)12-8-17-15(22-3)18-13(12)20(19)11-6-4-10(16)5-7-11;1-14(2,3)18-13(17)16-7-6-10-4-5-12(15)8-11(10)9-16;1-11(2)12(3,4)16-13(15-11)9-5-7-10(14)8-6-9;1-5(2)13-8(14)6-4-10-9(15-3)11-7(6)12-13/h6-11,14-15,17H,12-13,16H2,1-5H3,(H,30,31,32);3-8,11,13-14,25H,9-10,12H2,1-2H3,(H,26,27,28);4-9H,1-3H3;4-5,8H,6-7,9,15H2,1-3H3;5-8H,1-4H3;4-5H,1-3H3,(H,10,11,12). The van der Waals surface area contributed by atoms with Crippen LogP contribution in [0.4, 0.5) is 56.1 Å². The van der Waals surface area contributed by atoms with Gasteiger partial charge in [0.1, 0.15) is 56.0 Å². The van der Waals surface area contributed by atoms with Crippen LogP contribution in [0.3, 0.4) is 0 Å². The molecule has 734 valence electrons. The molecule has 4 aliphatic rings. The number of aromatic nitrogens is 16. The first kappa shape index (κ1) is 102. The first-order valence-corrected chi connectivity index (χ1v) is 48.6. The zero-order valence-corrected chi connectivity index (χ0v) is 83.7. The smallest absolute Gasteiger partial charge is 0.444 e. The van der Waals surface area contributed by atoms with Gasteiger partial charge in [-0.3, -0.25) is 24.3 Å². The largest absolute Gasteiger partial charge is 0.494 e. The molecule has 1 saturated heterocycles. The number of aromatic amines is 1. The molecule has 6 N–H and O–H groups in total. The number of nitrogens with one attached hydrogen (secondary N) is 4. The van der Waals surface area contributed by atoms with Gasteiger partial charge in [-0.2, -0.15) is 9.97 Å². The molecule has 39 heteroatoms. The minimum Gasteiger partial charge on any atom is -0.444 e. The number of amides is 2. The number of nitrogens with zero attached hydrogens (tertiary/aromatic N) is 17. The molecule has 0 atom stereocenters. The van der Waals surface area contributed by atoms with Crippen LogP contribution in [0.2, 0.25) is 0 Å². The second-order valence-corrected chi connectivity index (χ2v) is 39.7. The molecule has 0 aliphatic carbocycles. The van der Waals surface area contributed by atoms with Gasteiger partial charge in [0.2, 0.25) is 11.9 Å². The molecule has 0 radical (unpaired) electrons. The summed E-state index contributed by atoms with van der Waals surface area (Å²) in [6.45, 7) is 38.7. The maximum atomic E-state index is 13.6. The lowest BCUT2D eigenvalue weighted by atomic mass is 9.79. The number of hydrogen-bond acceptors (Lipinski definition) is 24. The molecule has 0 spiro atoms. The van der Waals surface area contributed by atoms with E-state index >= 15 is 0 Å². The van der Waals surface area contributed by atoms with E-state index in [1.165, 1.54) is 101 Å². The van der Waals surface area contributed by atoms with Gasteiger partial charge in [-0.1, -0.05) is 53.9 Å². The fourth-order valence-electron chi connectivity index (χ4n) is 16.0. The average Bonchev–Trinajstić information content (AvgIpc) is 1.63. The van der Waals surface area contributed by atoms with Crippen LogP contribution in [0.1, 0.15) is 182 Å². The summed E-state index contributed by atoms with van der Waals surface area (Å²) in [5.74, 6) is -0.554. The number of rotatable bonds is 14. The Morgan fingerprint density at radius 3 is 1.25 bits per heavy atom. The topological polar surface area (TPSA) is 361 Å². The summed E-state index contributed by atoms with van der Waals surface area (Å²) in [6.07, 6.45) is 12.0. The Balaban J connectivity index is 0.000000138. The predicted molar refractivity (Wildman–Crippen MR) is 541 cm³/mol. The summed E-state index contributed by atoms with van der Waals surface area (Å²) in [5.41, 5.74) is 17.9.